The van der Waals surface area contributed by atoms with Gasteiger partial charge in [0.1, 0.15) is 0 Å². The Morgan fingerprint density at radius 2 is 1.00 bits per heavy atom. The van der Waals surface area contributed by atoms with Crippen LogP contribution in [0.2, 0.25) is 0 Å². The van der Waals surface area contributed by atoms with Crippen molar-refractivity contribution in [3.05, 3.63) is 0 Å². The fourth-order valence-electron chi connectivity index (χ4n) is 0. The molecule has 0 aromatic heterocycles. The van der Waals surface area contributed by atoms with Gasteiger partial charge in [0, 0.05) is 36.5 Å². The van der Waals surface area contributed by atoms with Gasteiger partial charge in [-0.05, 0) is 0 Å². The molecule has 46 valence electrons. The van der Waals surface area contributed by atoms with Crippen LogP contribution < -0.4 is 0 Å². The van der Waals surface area contributed by atoms with Crippen molar-refractivity contribution in [1.82, 2.24) is 0 Å². The molecule has 0 aromatic rings. The van der Waals surface area contributed by atoms with Crippen molar-refractivity contribution >= 4 is 193 Å². The first-order valence-corrected chi connectivity index (χ1v) is 0. The molecule has 0 aliphatic carbocycles. The fraction of sp³-hybridized carbons (Fsp3) is 0. The second-order valence-corrected chi connectivity index (χ2v) is 0. The van der Waals surface area contributed by atoms with E-state index < -0.39 is 0 Å². The number of rotatable bonds is 0. The number of halogens is 1. The smallest absolute Gasteiger partial charge is 0 e. The predicted molar refractivity (Wildman–Crippen MR) is 66.5 cm³/mol. The molecule has 0 aromatic carbocycles. The van der Waals surface area contributed by atoms with E-state index in [-0.39, 0.29) is 229 Å². The average molecular weight is 497 g/mol. The van der Waals surface area contributed by atoms with Gasteiger partial charge >= 0.3 is 159 Å². The van der Waals surface area contributed by atoms with E-state index in [4.69, 9.17) is 0 Å². The van der Waals surface area contributed by atoms with Gasteiger partial charge in [-0.15, -0.1) is 24.0 Å². The quantitative estimate of drug-likeness (QED) is 0.187. The first-order chi connectivity index (χ1) is 0. The molecule has 0 aliphatic rings. The van der Waals surface area contributed by atoms with Crippen LogP contribution in [0.25, 0.3) is 0 Å². The van der Waals surface area contributed by atoms with E-state index in [0.717, 1.165) is 0 Å². The summed E-state index contributed by atoms with van der Waals surface area (Å²) in [6.45, 7) is 0. The Kier molecular flexibility index (Phi) is 455. The van der Waals surface area contributed by atoms with Crippen LogP contribution in [0, 0.1) is 0 Å². The summed E-state index contributed by atoms with van der Waals surface area (Å²) in [5, 5.41) is 0. The number of hydrogen-bond acceptors (Lipinski definition) is 0. The van der Waals surface area contributed by atoms with Gasteiger partial charge in [-0.1, -0.05) is 0 Å². The van der Waals surface area contributed by atoms with Gasteiger partial charge in [0.05, 0.1) is 0 Å². The maximum Gasteiger partial charge on any atom is 0 e. The maximum atomic E-state index is 0. The predicted octanol–water partition coefficient (Wildman–Crippen LogP) is -3.37. The van der Waals surface area contributed by atoms with Gasteiger partial charge in [-0.2, -0.15) is 9.90 Å². The third-order valence-electron chi connectivity index (χ3n) is 0. The van der Waals surface area contributed by atoms with Crippen molar-refractivity contribution in [3.63, 3.8) is 0 Å². The SMILES string of the molecule is I.P.[CaH2].[Fe].[KH].[MgH2].[NaH].[SeH2].[Zn]. The van der Waals surface area contributed by atoms with Gasteiger partial charge in [0.25, 0.3) is 0 Å². The maximum absolute atomic E-state index is 0. The molecule has 0 saturated carbocycles. The fourth-order valence-corrected chi connectivity index (χ4v) is 0. The van der Waals surface area contributed by atoms with Crippen LogP contribution >= 0.6 is 33.9 Å². The van der Waals surface area contributed by atoms with Crippen molar-refractivity contribution < 1.29 is 36.5 Å². The molecule has 0 N–H and O–H groups in total. The van der Waals surface area contributed by atoms with Crippen molar-refractivity contribution in [2.75, 3.05) is 0 Å². The Balaban J connectivity index is 0. The summed E-state index contributed by atoms with van der Waals surface area (Å²) < 4.78 is 0. The molecule has 0 nitrogen and oxygen atoms in total. The van der Waals surface area contributed by atoms with Crippen LogP contribution in [0.1, 0.15) is 0 Å². The Morgan fingerprint density at radius 3 is 1.00 bits per heavy atom. The molecule has 0 spiro atoms. The van der Waals surface area contributed by atoms with Crippen LogP contribution in [0.15, 0.2) is 0 Å². The van der Waals surface area contributed by atoms with Gasteiger partial charge in [0.2, 0.25) is 0 Å². The molecule has 1 atom stereocenters. The summed E-state index contributed by atoms with van der Waals surface area (Å²) in [6, 6.07) is 0. The Hall–Kier alpha value is 7.48. The summed E-state index contributed by atoms with van der Waals surface area (Å²) in [7, 11) is 0. The molecule has 0 heterocycles. The van der Waals surface area contributed by atoms with Gasteiger partial charge < -0.3 is 0 Å². The first kappa shape index (κ1) is 70.6. The second-order valence-electron chi connectivity index (χ2n) is 0. The third-order valence-corrected chi connectivity index (χ3v) is 0. The minimum atomic E-state index is 0. The second kappa shape index (κ2) is 58.0. The zero-order valence-electron chi connectivity index (χ0n) is 2.68. The van der Waals surface area contributed by atoms with E-state index in [1.165, 1.54) is 0 Å². The Labute approximate surface area is 222 Å². The molecule has 0 bridgehead atoms. The molecular formula is H12CaFeIKMgNaPSeZn. The molecular weight excluding hydrogens is 485 g/mol. The molecule has 9 heavy (non-hydrogen) atoms. The molecule has 0 saturated heterocycles. The zero-order valence-corrected chi connectivity index (χ0v) is 12.6. The molecule has 0 amide bonds. The summed E-state index contributed by atoms with van der Waals surface area (Å²) in [5.74, 6) is 0. The summed E-state index contributed by atoms with van der Waals surface area (Å²) in [4.78, 5) is 0. The van der Waals surface area contributed by atoms with Crippen LogP contribution in [0.5, 0.6) is 0 Å². The van der Waals surface area contributed by atoms with Crippen molar-refractivity contribution in [2.24, 2.45) is 0 Å². The van der Waals surface area contributed by atoms with Gasteiger partial charge in [-0.3, -0.25) is 0 Å². The van der Waals surface area contributed by atoms with Crippen molar-refractivity contribution in [3.8, 4) is 0 Å². The van der Waals surface area contributed by atoms with Crippen LogP contribution in [0.4, 0.5) is 0 Å². The molecule has 9 heteroatoms. The molecule has 0 aliphatic heterocycles. The minimum Gasteiger partial charge on any atom is 0 e. The molecule has 0 rings (SSSR count). The van der Waals surface area contributed by atoms with E-state index in [1.807, 2.05) is 0 Å². The standard InChI is InChI=1S/Ca.Fe.HI.K.Mg.Na.H3P.H2Se.Zn.6H/h;;1H;;;;1H3;1H2;;;;;;;. The summed E-state index contributed by atoms with van der Waals surface area (Å²) in [6.07, 6.45) is 0. The van der Waals surface area contributed by atoms with Crippen molar-refractivity contribution in [1.29, 1.82) is 0 Å². The van der Waals surface area contributed by atoms with E-state index in [2.05, 4.69) is 0 Å². The summed E-state index contributed by atoms with van der Waals surface area (Å²) in [5.41, 5.74) is 0. The third kappa shape index (κ3) is 50.3. The number of hydrogen-bond donors (Lipinski definition) is 0. The minimum absolute atomic E-state index is 0. The monoisotopic (exact) mass is 496 g/mol. The topological polar surface area (TPSA) is 0 Å². The Morgan fingerprint density at radius 1 is 1.00 bits per heavy atom. The van der Waals surface area contributed by atoms with Crippen LogP contribution in [-0.4, -0.2) is 159 Å². The first-order valence-electron chi connectivity index (χ1n) is 0. The van der Waals surface area contributed by atoms with Crippen LogP contribution in [0.3, 0.4) is 0 Å². The van der Waals surface area contributed by atoms with E-state index >= 15 is 0 Å². The van der Waals surface area contributed by atoms with Gasteiger partial charge in [-0.25, -0.2) is 0 Å². The van der Waals surface area contributed by atoms with E-state index in [9.17, 15) is 0 Å². The van der Waals surface area contributed by atoms with E-state index in [0.29, 0.717) is 0 Å². The van der Waals surface area contributed by atoms with Crippen LogP contribution in [-0.2, 0) is 36.5 Å². The largest absolute Gasteiger partial charge is 0 e. The average Bonchev–Trinajstić information content (AvgIpc) is 0. The van der Waals surface area contributed by atoms with E-state index in [1.54, 1.807) is 0 Å². The summed E-state index contributed by atoms with van der Waals surface area (Å²) >= 11 is 0. The van der Waals surface area contributed by atoms with Gasteiger partial charge in [0.15, 0.2) is 0 Å². The molecule has 1 unspecified atom stereocenters. The van der Waals surface area contributed by atoms with Crippen molar-refractivity contribution in [2.45, 2.75) is 0 Å². The molecule has 0 fully saturated rings. The Bertz CT molecular complexity index is 28.5. The normalized spacial score (nSPS) is 0. The zero-order chi connectivity index (χ0) is 0. The molecule has 0 radical (unpaired) electrons.